The number of esters is 1. The van der Waals surface area contributed by atoms with Crippen molar-refractivity contribution < 1.29 is 9.53 Å². The van der Waals surface area contributed by atoms with E-state index in [0.29, 0.717) is 12.5 Å². The molecule has 0 amide bonds. The minimum absolute atomic E-state index is 0.243. The Morgan fingerprint density at radius 2 is 2.09 bits per heavy atom. The molecule has 1 saturated carbocycles. The van der Waals surface area contributed by atoms with Crippen molar-refractivity contribution >= 4 is 5.97 Å². The molecule has 1 aliphatic rings. The summed E-state index contributed by atoms with van der Waals surface area (Å²) in [6.07, 6.45) is 4.91. The number of nitrogens with one attached hydrogen (secondary N) is 1. The van der Waals surface area contributed by atoms with Gasteiger partial charge in [0.1, 0.15) is 6.54 Å². The molecule has 1 radical (unpaired) electrons. The molecule has 3 nitrogen and oxygen atoms in total. The lowest BCUT2D eigenvalue weighted by molar-refractivity contribution is -0.143. The van der Waals surface area contributed by atoms with Crippen LogP contribution in [0.2, 0.25) is 0 Å². The fourth-order valence-electron chi connectivity index (χ4n) is 1.44. The molecule has 0 unspecified atom stereocenters. The number of carbonyl (C=O) groups excluding carboxylic acids is 1. The molecule has 63 valence electrons. The summed E-state index contributed by atoms with van der Waals surface area (Å²) in [5, 5.41) is 0. The quantitative estimate of drug-likeness (QED) is 0.572. The maximum Gasteiger partial charge on any atom is 0.321 e. The molecule has 0 heterocycles. The van der Waals surface area contributed by atoms with Crippen LogP contribution in [0.5, 0.6) is 0 Å². The van der Waals surface area contributed by atoms with E-state index in [-0.39, 0.29) is 6.54 Å². The topological polar surface area (TPSA) is 50.1 Å². The van der Waals surface area contributed by atoms with Crippen molar-refractivity contribution in [2.75, 3.05) is 13.2 Å². The molecule has 0 atom stereocenters. The van der Waals surface area contributed by atoms with Crippen LogP contribution in [0.1, 0.15) is 25.7 Å². The average molecular weight is 156 g/mol. The van der Waals surface area contributed by atoms with Crippen molar-refractivity contribution in [3.05, 3.63) is 0 Å². The molecule has 1 rings (SSSR count). The third-order valence-electron chi connectivity index (χ3n) is 2.10. The summed E-state index contributed by atoms with van der Waals surface area (Å²) in [5.74, 6) is 0.183. The standard InChI is InChI=1S/C8H14NO2/c9-5-8(10)11-6-7-3-1-2-4-7/h7,9H,1-6H2. The predicted molar refractivity (Wildman–Crippen MR) is 40.9 cm³/mol. The summed E-state index contributed by atoms with van der Waals surface area (Å²) in [6.45, 7) is 0.296. The first-order valence-electron chi connectivity index (χ1n) is 4.13. The molecule has 0 saturated heterocycles. The van der Waals surface area contributed by atoms with E-state index in [1.165, 1.54) is 25.7 Å². The van der Waals surface area contributed by atoms with E-state index in [0.717, 1.165) is 0 Å². The van der Waals surface area contributed by atoms with E-state index in [1.807, 2.05) is 0 Å². The molecule has 11 heavy (non-hydrogen) atoms. The first-order valence-corrected chi connectivity index (χ1v) is 4.13. The van der Waals surface area contributed by atoms with E-state index >= 15 is 0 Å². The van der Waals surface area contributed by atoms with Gasteiger partial charge in [-0.15, -0.1) is 0 Å². The maximum atomic E-state index is 10.6. The van der Waals surface area contributed by atoms with Crippen LogP contribution in [0.3, 0.4) is 0 Å². The highest BCUT2D eigenvalue weighted by molar-refractivity contribution is 5.71. The summed E-state index contributed by atoms with van der Waals surface area (Å²) in [5.41, 5.74) is 6.71. The van der Waals surface area contributed by atoms with Gasteiger partial charge in [-0.3, -0.25) is 4.79 Å². The Hall–Kier alpha value is -0.570. The Morgan fingerprint density at radius 3 is 2.64 bits per heavy atom. The zero-order chi connectivity index (χ0) is 8.10. The van der Waals surface area contributed by atoms with Crippen LogP contribution in [-0.2, 0) is 9.53 Å². The Morgan fingerprint density at radius 1 is 1.45 bits per heavy atom. The molecular weight excluding hydrogens is 142 g/mol. The Bertz CT molecular complexity index is 130. The number of carbonyl (C=O) groups is 1. The first kappa shape index (κ1) is 8.53. The van der Waals surface area contributed by atoms with Crippen LogP contribution in [-0.4, -0.2) is 19.1 Å². The van der Waals surface area contributed by atoms with Crippen LogP contribution in [0.25, 0.3) is 0 Å². The maximum absolute atomic E-state index is 10.6. The van der Waals surface area contributed by atoms with E-state index in [2.05, 4.69) is 0 Å². The molecule has 0 aromatic rings. The van der Waals surface area contributed by atoms with Crippen molar-refractivity contribution in [1.29, 1.82) is 0 Å². The van der Waals surface area contributed by atoms with Gasteiger partial charge in [0.2, 0.25) is 0 Å². The number of hydrogen-bond donors (Lipinski definition) is 0. The fraction of sp³-hybridized carbons (Fsp3) is 0.875. The minimum Gasteiger partial charge on any atom is -0.464 e. The second-order valence-electron chi connectivity index (χ2n) is 3.01. The van der Waals surface area contributed by atoms with Gasteiger partial charge in [0.15, 0.2) is 0 Å². The van der Waals surface area contributed by atoms with Gasteiger partial charge in [-0.2, -0.15) is 0 Å². The Balaban J connectivity index is 2.06. The number of rotatable bonds is 3. The van der Waals surface area contributed by atoms with Gasteiger partial charge in [-0.1, -0.05) is 12.8 Å². The number of hydrogen-bond acceptors (Lipinski definition) is 2. The second kappa shape index (κ2) is 4.34. The van der Waals surface area contributed by atoms with Crippen LogP contribution in [0, 0.1) is 5.92 Å². The molecule has 0 aromatic heterocycles. The molecule has 0 spiro atoms. The minimum atomic E-state index is -0.392. The van der Waals surface area contributed by atoms with E-state index in [1.54, 1.807) is 0 Å². The highest BCUT2D eigenvalue weighted by Crippen LogP contribution is 2.24. The highest BCUT2D eigenvalue weighted by Gasteiger charge is 2.16. The summed E-state index contributed by atoms with van der Waals surface area (Å²) < 4.78 is 4.85. The molecule has 0 aliphatic heterocycles. The van der Waals surface area contributed by atoms with Gasteiger partial charge in [0, 0.05) is 0 Å². The van der Waals surface area contributed by atoms with Crippen molar-refractivity contribution in [3.8, 4) is 0 Å². The SMILES string of the molecule is [NH]CC(=O)OCC1CCCC1. The van der Waals surface area contributed by atoms with Gasteiger partial charge in [-0.05, 0) is 18.8 Å². The second-order valence-corrected chi connectivity index (χ2v) is 3.01. The van der Waals surface area contributed by atoms with Gasteiger partial charge in [-0.25, -0.2) is 5.73 Å². The molecule has 0 aromatic carbocycles. The lowest BCUT2D eigenvalue weighted by atomic mass is 10.1. The fourth-order valence-corrected chi connectivity index (χ4v) is 1.44. The third-order valence-corrected chi connectivity index (χ3v) is 2.10. The normalized spacial score (nSPS) is 18.6. The largest absolute Gasteiger partial charge is 0.464 e. The third kappa shape index (κ3) is 2.89. The van der Waals surface area contributed by atoms with Gasteiger partial charge in [0.25, 0.3) is 0 Å². The molecule has 0 bridgehead atoms. The number of ether oxygens (including phenoxy) is 1. The summed E-state index contributed by atoms with van der Waals surface area (Å²) >= 11 is 0. The first-order chi connectivity index (χ1) is 5.33. The molecule has 1 N–H and O–H groups in total. The van der Waals surface area contributed by atoms with Crippen molar-refractivity contribution in [3.63, 3.8) is 0 Å². The van der Waals surface area contributed by atoms with Crippen molar-refractivity contribution in [2.24, 2.45) is 5.92 Å². The van der Waals surface area contributed by atoms with Crippen molar-refractivity contribution in [2.45, 2.75) is 25.7 Å². The Labute approximate surface area is 66.9 Å². The van der Waals surface area contributed by atoms with Crippen molar-refractivity contribution in [1.82, 2.24) is 5.73 Å². The molecule has 1 aliphatic carbocycles. The lowest BCUT2D eigenvalue weighted by Gasteiger charge is -2.08. The van der Waals surface area contributed by atoms with E-state index in [9.17, 15) is 4.79 Å². The van der Waals surface area contributed by atoms with Gasteiger partial charge >= 0.3 is 5.97 Å². The van der Waals surface area contributed by atoms with Crippen LogP contribution >= 0.6 is 0 Å². The highest BCUT2D eigenvalue weighted by atomic mass is 16.5. The summed E-state index contributed by atoms with van der Waals surface area (Å²) in [7, 11) is 0. The molecule has 3 heteroatoms. The van der Waals surface area contributed by atoms with Gasteiger partial charge < -0.3 is 4.74 Å². The smallest absolute Gasteiger partial charge is 0.321 e. The van der Waals surface area contributed by atoms with E-state index in [4.69, 9.17) is 10.5 Å². The predicted octanol–water partition coefficient (Wildman–Crippen LogP) is 1.00. The zero-order valence-electron chi connectivity index (χ0n) is 6.64. The average Bonchev–Trinajstić information content (AvgIpc) is 2.52. The van der Waals surface area contributed by atoms with Gasteiger partial charge in [0.05, 0.1) is 6.61 Å². The van der Waals surface area contributed by atoms with E-state index < -0.39 is 5.97 Å². The monoisotopic (exact) mass is 156 g/mol. The molecule has 1 fully saturated rings. The van der Waals surface area contributed by atoms with Crippen LogP contribution in [0.4, 0.5) is 0 Å². The summed E-state index contributed by atoms with van der Waals surface area (Å²) in [4.78, 5) is 10.6. The Kier molecular flexibility index (Phi) is 3.36. The summed E-state index contributed by atoms with van der Waals surface area (Å²) in [6, 6.07) is 0. The zero-order valence-corrected chi connectivity index (χ0v) is 6.64. The lowest BCUT2D eigenvalue weighted by Crippen LogP contribution is -2.15. The van der Waals surface area contributed by atoms with Crippen LogP contribution < -0.4 is 5.73 Å². The van der Waals surface area contributed by atoms with Crippen LogP contribution in [0.15, 0.2) is 0 Å². The molecular formula is C8H14NO2.